The van der Waals surface area contributed by atoms with Crippen molar-refractivity contribution < 1.29 is 96.7 Å². The predicted octanol–water partition coefficient (Wildman–Crippen LogP) is -11.9. The summed E-state index contributed by atoms with van der Waals surface area (Å²) in [5.74, 6) is 0. The quantitative estimate of drug-likeness (QED) is 0.185. The Morgan fingerprint density at radius 3 is 0.389 bits per heavy atom. The minimum atomic E-state index is -2.17. The molecule has 0 fully saturated rings. The Labute approximate surface area is 126 Å². The fourth-order valence-corrected chi connectivity index (χ4v) is 0. The van der Waals surface area contributed by atoms with Crippen LogP contribution < -0.4 is 29.6 Å². The Kier molecular flexibility index (Phi) is 61.8. The summed E-state index contributed by atoms with van der Waals surface area (Å²) >= 11 is 0. The molecule has 14 N–H and O–H groups in total. The molecule has 0 aliphatic carbocycles. The molecular weight excluding hydrogens is 274 g/mol. The van der Waals surface area contributed by atoms with Crippen LogP contribution in [0, 0.1) is 0 Å². The molecule has 0 aliphatic rings. The molecule has 106 valence electrons. The second-order valence-corrected chi connectivity index (χ2v) is 1.39. The summed E-state index contributed by atoms with van der Waals surface area (Å²) in [7, 11) is -8.67. The fraction of sp³-hybridized carbons (Fsp3) is 0. The van der Waals surface area contributed by atoms with Gasteiger partial charge in [-0.3, -0.25) is 0 Å². The van der Waals surface area contributed by atoms with Crippen LogP contribution in [-0.2, 0) is 0 Å². The van der Waals surface area contributed by atoms with Crippen molar-refractivity contribution in [3.8, 4) is 0 Å². The van der Waals surface area contributed by atoms with Crippen LogP contribution >= 0.6 is 0 Å². The van der Waals surface area contributed by atoms with Gasteiger partial charge < -0.3 is 67.2 Å². The number of hydrogen-bond acceptors (Lipinski definition) is 12. The van der Waals surface area contributed by atoms with Crippen molar-refractivity contribution in [3.63, 3.8) is 0 Å². The molecule has 0 saturated carbocycles. The van der Waals surface area contributed by atoms with Gasteiger partial charge >= 0.3 is 58.8 Å². The first-order valence-electron chi connectivity index (χ1n) is 3.10. The molecule has 18 heavy (non-hydrogen) atoms. The second-order valence-electron chi connectivity index (χ2n) is 1.39. The first-order chi connectivity index (χ1) is 6.93. The zero-order chi connectivity index (χ0) is 14.3. The molecule has 13 nitrogen and oxygen atoms in total. The van der Waals surface area contributed by atoms with Gasteiger partial charge in [-0.15, -0.1) is 0 Å². The molecule has 0 aliphatic heterocycles. The van der Waals surface area contributed by atoms with Gasteiger partial charge in [0.15, 0.2) is 0 Å². The molecule has 0 radical (unpaired) electrons. The average Bonchev–Trinajstić information content (AvgIpc) is 1.76. The summed E-state index contributed by atoms with van der Waals surface area (Å²) in [5.41, 5.74) is 0. The molecule has 0 saturated heterocycles. The second kappa shape index (κ2) is 30.6. The first kappa shape index (κ1) is 36.3. The maximum absolute atomic E-state index is 7.17. The minimum absolute atomic E-state index is 0. The standard InChI is InChI=1S/4BH3O3.Na.H2O.H/c4*2-1(3)4;;;/h4*2-4H;;1H2;/q;;;;+1;;-1. The Balaban J connectivity index is -0.0000000192. The Morgan fingerprint density at radius 2 is 0.389 bits per heavy atom. The van der Waals surface area contributed by atoms with Gasteiger partial charge in [0.05, 0.1) is 0 Å². The number of hydrogen-bond donors (Lipinski definition) is 12. The van der Waals surface area contributed by atoms with E-state index < -0.39 is 29.3 Å². The van der Waals surface area contributed by atoms with E-state index >= 15 is 0 Å². The van der Waals surface area contributed by atoms with Gasteiger partial charge in [0, 0.05) is 0 Å². The van der Waals surface area contributed by atoms with Crippen LogP contribution in [0.1, 0.15) is 1.43 Å². The van der Waals surface area contributed by atoms with Crippen molar-refractivity contribution in [2.24, 2.45) is 0 Å². The van der Waals surface area contributed by atoms with Gasteiger partial charge in [0.25, 0.3) is 0 Å². The van der Waals surface area contributed by atoms with Gasteiger partial charge in [-0.2, -0.15) is 0 Å². The van der Waals surface area contributed by atoms with Gasteiger partial charge in [0.1, 0.15) is 0 Å². The first-order valence-corrected chi connectivity index (χ1v) is 3.10. The van der Waals surface area contributed by atoms with Crippen LogP contribution in [0.3, 0.4) is 0 Å². The van der Waals surface area contributed by atoms with Crippen molar-refractivity contribution in [2.45, 2.75) is 0 Å². The Bertz CT molecular complexity index is 67.6. The zero-order valence-electron chi connectivity index (χ0n) is 10.2. The summed E-state index contributed by atoms with van der Waals surface area (Å²) in [5, 5.41) is 86.0. The van der Waals surface area contributed by atoms with Crippen LogP contribution in [-0.4, -0.2) is 95.0 Å². The van der Waals surface area contributed by atoms with Crippen molar-refractivity contribution in [1.29, 1.82) is 0 Å². The monoisotopic (exact) mass is 290 g/mol. The van der Waals surface area contributed by atoms with E-state index in [9.17, 15) is 0 Å². The molecular formula is H15B4NaO13. The fourth-order valence-electron chi connectivity index (χ4n) is 0. The smallest absolute Gasteiger partial charge is 1.00 e. The Morgan fingerprint density at radius 1 is 0.389 bits per heavy atom. The van der Waals surface area contributed by atoms with Crippen LogP contribution in [0.25, 0.3) is 0 Å². The van der Waals surface area contributed by atoms with E-state index in [-0.39, 0.29) is 36.5 Å². The summed E-state index contributed by atoms with van der Waals surface area (Å²) in [4.78, 5) is 0. The van der Waals surface area contributed by atoms with Gasteiger partial charge in [-0.1, -0.05) is 0 Å². The molecule has 0 spiro atoms. The molecule has 0 aromatic heterocycles. The summed E-state index contributed by atoms with van der Waals surface area (Å²) in [6, 6.07) is 0. The molecule has 0 heterocycles. The van der Waals surface area contributed by atoms with Crippen LogP contribution in [0.15, 0.2) is 0 Å². The van der Waals surface area contributed by atoms with E-state index in [1.807, 2.05) is 0 Å². The maximum atomic E-state index is 7.17. The van der Waals surface area contributed by atoms with Crippen LogP contribution in [0.4, 0.5) is 0 Å². The summed E-state index contributed by atoms with van der Waals surface area (Å²) in [6.45, 7) is 0. The molecule has 0 bridgehead atoms. The third kappa shape index (κ3) is 7580. The van der Waals surface area contributed by atoms with Gasteiger partial charge in [-0.25, -0.2) is 0 Å². The summed E-state index contributed by atoms with van der Waals surface area (Å²) in [6.07, 6.45) is 0. The molecule has 0 aromatic rings. The van der Waals surface area contributed by atoms with E-state index in [1.54, 1.807) is 0 Å². The van der Waals surface area contributed by atoms with Gasteiger partial charge in [-0.05, 0) is 0 Å². The molecule has 0 rings (SSSR count). The van der Waals surface area contributed by atoms with E-state index in [0.29, 0.717) is 0 Å². The topological polar surface area (TPSA) is 274 Å². The van der Waals surface area contributed by atoms with Crippen LogP contribution in [0.2, 0.25) is 0 Å². The van der Waals surface area contributed by atoms with Gasteiger partial charge in [0.2, 0.25) is 0 Å². The third-order valence-corrected chi connectivity index (χ3v) is 0. The molecule has 0 aromatic carbocycles. The molecule has 18 heteroatoms. The van der Waals surface area contributed by atoms with Crippen molar-refractivity contribution in [1.82, 2.24) is 0 Å². The van der Waals surface area contributed by atoms with Crippen molar-refractivity contribution >= 4 is 29.3 Å². The average molecular weight is 289 g/mol. The zero-order valence-corrected chi connectivity index (χ0v) is 11.2. The van der Waals surface area contributed by atoms with Crippen LogP contribution in [0.5, 0.6) is 0 Å². The number of rotatable bonds is 0. The van der Waals surface area contributed by atoms with E-state index in [1.165, 1.54) is 0 Å². The molecule has 0 unspecified atom stereocenters. The van der Waals surface area contributed by atoms with E-state index in [2.05, 4.69) is 0 Å². The minimum Gasteiger partial charge on any atom is -1.00 e. The van der Waals surface area contributed by atoms with E-state index in [0.717, 1.165) is 0 Å². The predicted molar refractivity (Wildman–Crippen MR) is 54.4 cm³/mol. The molecule has 0 atom stereocenters. The largest absolute Gasteiger partial charge is 1.00 e. The van der Waals surface area contributed by atoms with Crippen molar-refractivity contribution in [3.05, 3.63) is 0 Å². The summed E-state index contributed by atoms with van der Waals surface area (Å²) < 4.78 is 0. The SMILES string of the molecule is O.OB(O)O.OB(O)O.OB(O)O.OB(O)O.[H-].[Na+]. The molecule has 0 amide bonds. The maximum Gasteiger partial charge on any atom is 1.00 e. The normalized spacial score (nSPS) is 6.00. The third-order valence-electron chi connectivity index (χ3n) is 0. The van der Waals surface area contributed by atoms with Crippen molar-refractivity contribution in [2.75, 3.05) is 0 Å². The van der Waals surface area contributed by atoms with E-state index in [4.69, 9.17) is 60.3 Å². The Hall–Kier alpha value is 0.740.